The highest BCUT2D eigenvalue weighted by Gasteiger charge is 2.09. The van der Waals surface area contributed by atoms with Crippen LogP contribution in [0.3, 0.4) is 0 Å². The first-order valence-corrected chi connectivity index (χ1v) is 6.49. The normalized spacial score (nSPS) is 11.0. The Kier molecular flexibility index (Phi) is 5.08. The van der Waals surface area contributed by atoms with Gasteiger partial charge in [-0.25, -0.2) is 4.79 Å². The summed E-state index contributed by atoms with van der Waals surface area (Å²) in [6.45, 7) is 0.764. The molecule has 0 radical (unpaired) electrons. The average Bonchev–Trinajstić information content (AvgIpc) is 2.29. The van der Waals surface area contributed by atoms with Crippen LogP contribution >= 0.6 is 0 Å². The van der Waals surface area contributed by atoms with Gasteiger partial charge in [-0.3, -0.25) is 4.55 Å². The number of ether oxygens (including phenoxy) is 1. The maximum absolute atomic E-state index is 11.3. The number of nitrogens with one attached hydrogen (secondary N) is 2. The van der Waals surface area contributed by atoms with Crippen LogP contribution in [0.2, 0.25) is 0 Å². The molecule has 7 nitrogen and oxygen atoms in total. The van der Waals surface area contributed by atoms with Gasteiger partial charge in [0, 0.05) is 19.3 Å². The largest absolute Gasteiger partial charge is 0.383 e. The lowest BCUT2D eigenvalue weighted by molar-refractivity contribution is 0.198. The summed E-state index contributed by atoms with van der Waals surface area (Å²) in [6, 6.07) is 4.71. The third-order valence-corrected chi connectivity index (χ3v) is 2.87. The summed E-state index contributed by atoms with van der Waals surface area (Å²) in [4.78, 5) is 11.1. The molecule has 1 rings (SSSR count). The van der Waals surface area contributed by atoms with E-state index in [1.165, 1.54) is 31.4 Å². The highest BCUT2D eigenvalue weighted by atomic mass is 32.2. The van der Waals surface area contributed by atoms with Crippen molar-refractivity contribution in [3.8, 4) is 0 Å². The zero-order valence-corrected chi connectivity index (χ0v) is 10.5. The van der Waals surface area contributed by atoms with Crippen molar-refractivity contribution in [2.75, 3.05) is 25.6 Å². The molecule has 0 aliphatic rings. The number of hydrogen-bond donors (Lipinski definition) is 3. The molecule has 0 aliphatic heterocycles. The second-order valence-electron chi connectivity index (χ2n) is 3.37. The van der Waals surface area contributed by atoms with Gasteiger partial charge in [0.15, 0.2) is 0 Å². The fourth-order valence-corrected chi connectivity index (χ4v) is 1.63. The van der Waals surface area contributed by atoms with E-state index in [4.69, 9.17) is 9.29 Å². The molecule has 0 heterocycles. The topological polar surface area (TPSA) is 105 Å². The van der Waals surface area contributed by atoms with Crippen molar-refractivity contribution in [3.05, 3.63) is 24.3 Å². The second kappa shape index (κ2) is 6.34. The Morgan fingerprint density at radius 2 is 1.94 bits per heavy atom. The van der Waals surface area contributed by atoms with Crippen LogP contribution in [0, 0.1) is 0 Å². The summed E-state index contributed by atoms with van der Waals surface area (Å²) < 4.78 is 35.1. The van der Waals surface area contributed by atoms with E-state index in [1.807, 2.05) is 0 Å². The van der Waals surface area contributed by atoms with E-state index in [0.29, 0.717) is 18.8 Å². The number of carbonyl (C=O) groups excluding carboxylic acids is 1. The number of anilines is 1. The van der Waals surface area contributed by atoms with Crippen LogP contribution in [0.1, 0.15) is 0 Å². The Morgan fingerprint density at radius 3 is 2.44 bits per heavy atom. The minimum absolute atomic E-state index is 0.229. The number of benzene rings is 1. The van der Waals surface area contributed by atoms with Gasteiger partial charge in [0.05, 0.1) is 11.5 Å². The molecule has 0 aromatic heterocycles. The predicted molar refractivity (Wildman–Crippen MR) is 65.2 cm³/mol. The maximum Gasteiger partial charge on any atom is 0.319 e. The third-order valence-electron chi connectivity index (χ3n) is 2.00. The summed E-state index contributed by atoms with van der Waals surface area (Å²) in [5, 5.41) is 5.03. The molecule has 8 heteroatoms. The van der Waals surface area contributed by atoms with Crippen LogP contribution in [0.25, 0.3) is 0 Å². The molecule has 3 N–H and O–H groups in total. The smallest absolute Gasteiger partial charge is 0.319 e. The number of hydrogen-bond acceptors (Lipinski definition) is 4. The molecule has 0 aliphatic carbocycles. The van der Waals surface area contributed by atoms with Crippen LogP contribution in [0.15, 0.2) is 29.2 Å². The van der Waals surface area contributed by atoms with Gasteiger partial charge < -0.3 is 15.4 Å². The van der Waals surface area contributed by atoms with Gasteiger partial charge >= 0.3 is 6.03 Å². The van der Waals surface area contributed by atoms with Crippen LogP contribution in [0.5, 0.6) is 0 Å². The first-order valence-electron chi connectivity index (χ1n) is 5.05. The molecular weight excluding hydrogens is 260 g/mol. The third kappa shape index (κ3) is 4.70. The lowest BCUT2D eigenvalue weighted by Crippen LogP contribution is -2.31. The van der Waals surface area contributed by atoms with E-state index < -0.39 is 16.1 Å². The van der Waals surface area contributed by atoms with Crippen molar-refractivity contribution in [2.45, 2.75) is 4.90 Å². The zero-order valence-electron chi connectivity index (χ0n) is 9.71. The van der Waals surface area contributed by atoms with Gasteiger partial charge in [-0.1, -0.05) is 0 Å². The van der Waals surface area contributed by atoms with Gasteiger partial charge in [-0.05, 0) is 24.3 Å². The quantitative estimate of drug-likeness (QED) is 0.541. The van der Waals surface area contributed by atoms with E-state index in [1.54, 1.807) is 0 Å². The molecule has 0 saturated heterocycles. The monoisotopic (exact) mass is 274 g/mol. The predicted octanol–water partition coefficient (Wildman–Crippen LogP) is 0.701. The van der Waals surface area contributed by atoms with Crippen LogP contribution in [-0.2, 0) is 14.9 Å². The summed E-state index contributed by atoms with van der Waals surface area (Å²) in [5.41, 5.74) is 0.414. The molecular formula is C10H14N2O5S. The molecule has 2 amide bonds. The van der Waals surface area contributed by atoms with E-state index in [9.17, 15) is 13.2 Å². The van der Waals surface area contributed by atoms with Crippen molar-refractivity contribution < 1.29 is 22.5 Å². The van der Waals surface area contributed by atoms with E-state index in [-0.39, 0.29) is 4.90 Å². The van der Waals surface area contributed by atoms with Gasteiger partial charge in [0.1, 0.15) is 0 Å². The molecule has 100 valence electrons. The van der Waals surface area contributed by atoms with Gasteiger partial charge in [-0.15, -0.1) is 0 Å². The minimum Gasteiger partial charge on any atom is -0.383 e. The molecule has 0 saturated carbocycles. The number of urea groups is 1. The van der Waals surface area contributed by atoms with E-state index in [0.717, 1.165) is 0 Å². The van der Waals surface area contributed by atoms with Gasteiger partial charge in [0.2, 0.25) is 0 Å². The Labute approximate surface area is 105 Å². The molecule has 18 heavy (non-hydrogen) atoms. The Bertz CT molecular complexity index is 498. The number of amides is 2. The summed E-state index contributed by atoms with van der Waals surface area (Å²) >= 11 is 0. The van der Waals surface area contributed by atoms with E-state index >= 15 is 0 Å². The Hall–Kier alpha value is -1.64. The standard InChI is InChI=1S/C10H14N2O5S/c1-17-7-6-11-10(13)12-8-2-4-9(5-3-8)18(14,15)16/h2-5H,6-7H2,1H3,(H2,11,12,13)(H,14,15,16). The molecule has 0 fully saturated rings. The van der Waals surface area contributed by atoms with Gasteiger partial charge in [0.25, 0.3) is 10.1 Å². The van der Waals surface area contributed by atoms with Crippen molar-refractivity contribution in [1.29, 1.82) is 0 Å². The highest BCUT2D eigenvalue weighted by molar-refractivity contribution is 7.85. The Morgan fingerprint density at radius 1 is 1.33 bits per heavy atom. The van der Waals surface area contributed by atoms with Crippen molar-refractivity contribution in [1.82, 2.24) is 5.32 Å². The maximum atomic E-state index is 11.3. The first-order chi connectivity index (χ1) is 8.43. The van der Waals surface area contributed by atoms with Crippen molar-refractivity contribution in [3.63, 3.8) is 0 Å². The summed E-state index contributed by atoms with van der Waals surface area (Å²) in [6.07, 6.45) is 0. The van der Waals surface area contributed by atoms with Crippen molar-refractivity contribution in [2.24, 2.45) is 0 Å². The highest BCUT2D eigenvalue weighted by Crippen LogP contribution is 2.13. The minimum atomic E-state index is -4.21. The van der Waals surface area contributed by atoms with Crippen LogP contribution in [0.4, 0.5) is 10.5 Å². The zero-order chi connectivity index (χ0) is 13.6. The SMILES string of the molecule is COCCNC(=O)Nc1ccc(S(=O)(=O)O)cc1. The molecule has 1 aromatic rings. The van der Waals surface area contributed by atoms with E-state index in [2.05, 4.69) is 10.6 Å². The Balaban J connectivity index is 2.56. The van der Waals surface area contributed by atoms with Gasteiger partial charge in [-0.2, -0.15) is 8.42 Å². The van der Waals surface area contributed by atoms with Crippen LogP contribution in [-0.4, -0.2) is 39.3 Å². The summed E-state index contributed by atoms with van der Waals surface area (Å²) in [5.74, 6) is 0. The molecule has 0 unspecified atom stereocenters. The lowest BCUT2D eigenvalue weighted by Gasteiger charge is -2.07. The molecule has 0 bridgehead atoms. The number of methoxy groups -OCH3 is 1. The summed E-state index contributed by atoms with van der Waals surface area (Å²) in [7, 11) is -2.69. The lowest BCUT2D eigenvalue weighted by atomic mass is 10.3. The fourth-order valence-electron chi connectivity index (χ4n) is 1.15. The van der Waals surface area contributed by atoms with Crippen molar-refractivity contribution >= 4 is 21.8 Å². The number of rotatable bonds is 5. The molecule has 1 aromatic carbocycles. The van der Waals surface area contributed by atoms with Crippen LogP contribution < -0.4 is 10.6 Å². The number of carbonyl (C=O) groups is 1. The molecule has 0 spiro atoms. The fraction of sp³-hybridized carbons (Fsp3) is 0.300. The average molecular weight is 274 g/mol. The molecule has 0 atom stereocenters. The first kappa shape index (κ1) is 14.4. The second-order valence-corrected chi connectivity index (χ2v) is 4.79.